The number of carbonyl (C=O) groups excluding carboxylic acids is 6. The maximum atomic E-state index is 13.2. The molecule has 3 aliphatic carbocycles. The zero-order valence-electron chi connectivity index (χ0n) is 30.2. The summed E-state index contributed by atoms with van der Waals surface area (Å²) in [6.45, 7) is 1.97. The number of fused-ring (bicyclic) bond motifs is 2. The number of likely N-dealkylation sites (N-methyl/N-ethyl adjacent to an activating group) is 1. The number of imide groups is 2. The number of phenolic OH excluding ortho intramolecular Hbond substituents is 1. The van der Waals surface area contributed by atoms with Crippen molar-refractivity contribution in [1.29, 1.82) is 0 Å². The molecule has 6 amide bonds. The second-order valence-corrected chi connectivity index (χ2v) is 14.6. The van der Waals surface area contributed by atoms with Crippen LogP contribution in [-0.2, 0) is 19.2 Å². The van der Waals surface area contributed by atoms with E-state index in [9.17, 15) is 33.9 Å². The van der Waals surface area contributed by atoms with E-state index in [4.69, 9.17) is 15.2 Å². The van der Waals surface area contributed by atoms with Crippen LogP contribution in [0.1, 0.15) is 52.8 Å². The number of phenols is 1. The van der Waals surface area contributed by atoms with E-state index < -0.39 is 35.1 Å². The van der Waals surface area contributed by atoms with Crippen molar-refractivity contribution in [2.45, 2.75) is 38.1 Å². The molecule has 1 saturated heterocycles. The first-order valence-corrected chi connectivity index (χ1v) is 18.2. The number of nitrogens with two attached hydrogens (primary N) is 1. The molecule has 1 aromatic heterocycles. The highest BCUT2D eigenvalue weighted by atomic mass is 16.5. The van der Waals surface area contributed by atoms with Crippen molar-refractivity contribution in [1.82, 2.24) is 35.9 Å². The van der Waals surface area contributed by atoms with Gasteiger partial charge in [0, 0.05) is 44.2 Å². The summed E-state index contributed by atoms with van der Waals surface area (Å²) in [5, 5.41) is 26.3. The van der Waals surface area contributed by atoms with Crippen molar-refractivity contribution in [2.75, 3.05) is 52.2 Å². The number of hydrogen-bond acceptors (Lipinski definition) is 13. The zero-order chi connectivity index (χ0) is 38.9. The van der Waals surface area contributed by atoms with Crippen LogP contribution in [0.25, 0.3) is 11.3 Å². The van der Waals surface area contributed by atoms with Crippen molar-refractivity contribution < 1.29 is 43.3 Å². The smallest absolute Gasteiger partial charge is 0.262 e. The van der Waals surface area contributed by atoms with E-state index in [0.717, 1.165) is 24.2 Å². The number of carbonyl (C=O) groups is 6. The summed E-state index contributed by atoms with van der Waals surface area (Å²) >= 11 is 0. The molecular weight excluding hydrogens is 712 g/mol. The molecular formula is C38H42N8O9. The summed E-state index contributed by atoms with van der Waals surface area (Å²) in [5.74, 6) is -1.35. The predicted octanol–water partition coefficient (Wildman–Crippen LogP) is 0.871. The summed E-state index contributed by atoms with van der Waals surface area (Å²) < 4.78 is 11.6. The van der Waals surface area contributed by atoms with Gasteiger partial charge in [0.25, 0.3) is 17.7 Å². The molecule has 17 heteroatoms. The minimum absolute atomic E-state index is 0.0226. The van der Waals surface area contributed by atoms with Gasteiger partial charge in [-0.25, -0.2) is 0 Å². The molecule has 3 aromatic rings. The van der Waals surface area contributed by atoms with Crippen molar-refractivity contribution in [2.24, 2.45) is 17.3 Å². The monoisotopic (exact) mass is 754 g/mol. The molecule has 4 fully saturated rings. The zero-order valence-corrected chi connectivity index (χ0v) is 30.2. The number of aromatic hydroxyl groups is 1. The van der Waals surface area contributed by atoms with Gasteiger partial charge in [-0.3, -0.25) is 39.0 Å². The fourth-order valence-corrected chi connectivity index (χ4v) is 7.89. The highest BCUT2D eigenvalue weighted by molar-refractivity contribution is 6.23. The average Bonchev–Trinajstić information content (AvgIpc) is 3.78. The van der Waals surface area contributed by atoms with Gasteiger partial charge in [0.15, 0.2) is 18.2 Å². The van der Waals surface area contributed by atoms with Crippen LogP contribution in [0.5, 0.6) is 17.2 Å². The van der Waals surface area contributed by atoms with Gasteiger partial charge in [-0.1, -0.05) is 12.1 Å². The molecule has 17 nitrogen and oxygen atoms in total. The maximum absolute atomic E-state index is 13.2. The Kier molecular flexibility index (Phi) is 10.4. The Morgan fingerprint density at radius 3 is 2.47 bits per heavy atom. The Balaban J connectivity index is 0.791. The van der Waals surface area contributed by atoms with Gasteiger partial charge in [-0.15, -0.1) is 10.2 Å². The number of nitrogen functional groups attached to an aromatic ring is 1. The molecule has 2 atom stereocenters. The van der Waals surface area contributed by atoms with Gasteiger partial charge in [0.1, 0.15) is 23.2 Å². The van der Waals surface area contributed by atoms with Gasteiger partial charge < -0.3 is 35.8 Å². The van der Waals surface area contributed by atoms with Crippen molar-refractivity contribution in [3.63, 3.8) is 0 Å². The van der Waals surface area contributed by atoms with Crippen LogP contribution < -0.4 is 31.2 Å². The number of anilines is 1. The average molecular weight is 755 g/mol. The summed E-state index contributed by atoms with van der Waals surface area (Å²) in [5.41, 5.74) is 6.78. The predicted molar refractivity (Wildman–Crippen MR) is 194 cm³/mol. The first-order valence-electron chi connectivity index (χ1n) is 18.2. The summed E-state index contributed by atoms with van der Waals surface area (Å²) in [6, 6.07) is 11.7. The maximum Gasteiger partial charge on any atom is 0.262 e. The van der Waals surface area contributed by atoms with Gasteiger partial charge in [0.05, 0.1) is 23.1 Å². The van der Waals surface area contributed by atoms with Crippen molar-refractivity contribution in [3.8, 4) is 28.5 Å². The Morgan fingerprint density at radius 2 is 1.71 bits per heavy atom. The van der Waals surface area contributed by atoms with E-state index >= 15 is 0 Å². The number of rotatable bonds is 15. The highest BCUT2D eigenvalue weighted by Gasteiger charge is 2.60. The molecule has 3 heterocycles. The minimum Gasteiger partial charge on any atom is -0.507 e. The number of aromatic nitrogens is 2. The summed E-state index contributed by atoms with van der Waals surface area (Å²) in [7, 11) is 1.89. The summed E-state index contributed by atoms with van der Waals surface area (Å²) in [4.78, 5) is 78.3. The Morgan fingerprint density at radius 1 is 0.964 bits per heavy atom. The Bertz CT molecular complexity index is 2050. The standard InChI is InChI=1S/C38H42N8O9/c1-45(12-10-40-32(49)20-54-23-6-7-24-26(14-23)36(52)46(35(24)51)28-8-9-31(48)42-34(28)50)13-11-41-37(53)38-16-21(17-38)22(18-38)19-55-30-15-27(43-44-33(30)39)25-4-2-3-5-29(25)47/h2-7,14-15,21-22,28,47H,8-13,16-20H2,1H3,(H2,39,44)(H,40,49)(H,41,53)(H,42,48,50). The molecule has 2 aliphatic heterocycles. The third-order valence-corrected chi connectivity index (χ3v) is 10.9. The minimum atomic E-state index is -1.07. The first kappa shape index (κ1) is 37.2. The fourth-order valence-electron chi connectivity index (χ4n) is 7.89. The molecule has 2 aromatic carbocycles. The normalized spacial score (nSPS) is 22.6. The van der Waals surface area contributed by atoms with Gasteiger partial charge in [0.2, 0.25) is 17.7 Å². The second kappa shape index (κ2) is 15.3. The molecule has 5 aliphatic rings. The van der Waals surface area contributed by atoms with Crippen molar-refractivity contribution >= 4 is 41.3 Å². The molecule has 6 N–H and O–H groups in total. The highest BCUT2D eigenvalue weighted by Crippen LogP contribution is 2.62. The Labute approximate surface area is 315 Å². The van der Waals surface area contributed by atoms with Crippen LogP contribution in [0, 0.1) is 17.3 Å². The van der Waals surface area contributed by atoms with Gasteiger partial charge in [-0.2, -0.15) is 0 Å². The largest absolute Gasteiger partial charge is 0.507 e. The molecule has 8 rings (SSSR count). The number of benzene rings is 2. The molecule has 3 saturated carbocycles. The van der Waals surface area contributed by atoms with E-state index in [2.05, 4.69) is 26.1 Å². The SMILES string of the molecule is CN(CCNC(=O)COc1ccc2c(c1)C(=O)N(C1CCC(=O)NC1=O)C2=O)CCNC(=O)C12CC(COc3cc(-c4ccccc4O)nnc3N)C(C1)C2. The number of para-hydroxylation sites is 1. The van der Waals surface area contributed by atoms with E-state index in [1.807, 2.05) is 11.9 Å². The topological polar surface area (TPSA) is 235 Å². The lowest BCUT2D eigenvalue weighted by Gasteiger charge is -2.37. The van der Waals surface area contributed by atoms with Crippen LogP contribution in [-0.4, -0.2) is 113 Å². The van der Waals surface area contributed by atoms with Crippen molar-refractivity contribution in [3.05, 3.63) is 59.7 Å². The lowest BCUT2D eigenvalue weighted by Crippen LogP contribution is -2.54. The van der Waals surface area contributed by atoms with E-state index in [-0.39, 0.29) is 65.6 Å². The lowest BCUT2D eigenvalue weighted by atomic mass is 9.68. The number of ether oxygens (including phenoxy) is 2. The van der Waals surface area contributed by atoms with Crippen LogP contribution in [0.4, 0.5) is 5.82 Å². The third-order valence-electron chi connectivity index (χ3n) is 10.9. The molecule has 0 spiro atoms. The number of nitrogens with one attached hydrogen (secondary N) is 3. The van der Waals surface area contributed by atoms with E-state index in [1.165, 1.54) is 18.2 Å². The van der Waals surface area contributed by atoms with E-state index in [0.29, 0.717) is 55.7 Å². The van der Waals surface area contributed by atoms with Crippen LogP contribution in [0.3, 0.4) is 0 Å². The molecule has 0 radical (unpaired) electrons. The number of amides is 6. The quantitative estimate of drug-likeness (QED) is 0.136. The summed E-state index contributed by atoms with van der Waals surface area (Å²) in [6.07, 6.45) is 2.42. The number of hydrogen-bond donors (Lipinski definition) is 5. The fraction of sp³-hybridized carbons (Fsp3) is 0.421. The third kappa shape index (κ3) is 7.64. The molecule has 2 unspecified atom stereocenters. The Hall–Kier alpha value is -6.10. The first-order chi connectivity index (χ1) is 26.4. The second-order valence-electron chi connectivity index (χ2n) is 14.6. The molecule has 288 valence electrons. The van der Waals surface area contributed by atoms with Crippen LogP contribution in [0.2, 0.25) is 0 Å². The molecule has 55 heavy (non-hydrogen) atoms. The molecule has 2 bridgehead atoms. The van der Waals surface area contributed by atoms with Crippen LogP contribution in [0.15, 0.2) is 48.5 Å². The number of piperidine rings is 1. The van der Waals surface area contributed by atoms with Crippen LogP contribution >= 0.6 is 0 Å². The lowest BCUT2D eigenvalue weighted by molar-refractivity contribution is -0.136. The van der Waals surface area contributed by atoms with E-state index in [1.54, 1.807) is 30.3 Å². The van der Waals surface area contributed by atoms with Gasteiger partial charge >= 0.3 is 0 Å². The number of nitrogens with zero attached hydrogens (tertiary/aromatic N) is 4. The van der Waals surface area contributed by atoms with Gasteiger partial charge in [-0.05, 0) is 74.9 Å².